The van der Waals surface area contributed by atoms with Gasteiger partial charge in [-0.25, -0.2) is 0 Å². The maximum atomic E-state index is 13.4. The normalized spacial score (nSPS) is 15.4. The van der Waals surface area contributed by atoms with Gasteiger partial charge in [-0.1, -0.05) is 35.3 Å². The van der Waals surface area contributed by atoms with Gasteiger partial charge in [0, 0.05) is 23.1 Å². The zero-order valence-corrected chi connectivity index (χ0v) is 19.1. The average molecular weight is 486 g/mol. The summed E-state index contributed by atoms with van der Waals surface area (Å²) in [6.45, 7) is 1.60. The zero-order chi connectivity index (χ0) is 22.7. The second-order valence-corrected chi connectivity index (χ2v) is 8.88. The molecule has 32 heavy (non-hydrogen) atoms. The Morgan fingerprint density at radius 2 is 1.81 bits per heavy atom. The van der Waals surface area contributed by atoms with Gasteiger partial charge in [0.1, 0.15) is 10.7 Å². The van der Waals surface area contributed by atoms with E-state index in [1.807, 2.05) is 12.1 Å². The second kappa shape index (κ2) is 9.72. The zero-order valence-electron chi connectivity index (χ0n) is 16.8. The van der Waals surface area contributed by atoms with Crippen LogP contribution in [0.1, 0.15) is 5.56 Å². The summed E-state index contributed by atoms with van der Waals surface area (Å²) in [7, 11) is 0. The number of rotatable bonds is 3. The molecule has 1 amide bonds. The number of amides is 1. The molecule has 0 atom stereocenters. The Hall–Kier alpha value is -2.89. The van der Waals surface area contributed by atoms with Crippen molar-refractivity contribution in [3.8, 4) is 11.8 Å². The van der Waals surface area contributed by atoms with Crippen molar-refractivity contribution in [1.82, 2.24) is 9.47 Å². The minimum absolute atomic E-state index is 0.0882. The maximum Gasteiger partial charge on any atom is 0.273 e. The lowest BCUT2D eigenvalue weighted by atomic mass is 10.2. The summed E-state index contributed by atoms with van der Waals surface area (Å²) < 4.78 is 7.33. The van der Waals surface area contributed by atoms with Gasteiger partial charge in [-0.2, -0.15) is 5.26 Å². The average Bonchev–Trinajstić information content (AvgIpc) is 3.11. The third kappa shape index (κ3) is 4.64. The monoisotopic (exact) mass is 485 g/mol. The number of hydrogen-bond donors (Lipinski definition) is 0. The molecule has 9 heteroatoms. The number of aromatic nitrogens is 1. The molecule has 2 aromatic carbocycles. The third-order valence-corrected chi connectivity index (χ3v) is 6.47. The number of halogens is 2. The molecule has 6 nitrogen and oxygen atoms in total. The largest absolute Gasteiger partial charge is 0.378 e. The molecular formula is C23H17Cl2N3O3S. The van der Waals surface area contributed by atoms with Gasteiger partial charge < -0.3 is 9.64 Å². The molecule has 0 saturated carbocycles. The van der Waals surface area contributed by atoms with Crippen molar-refractivity contribution < 1.29 is 9.53 Å². The van der Waals surface area contributed by atoms with Crippen LogP contribution >= 0.6 is 34.5 Å². The van der Waals surface area contributed by atoms with Gasteiger partial charge in [-0.15, -0.1) is 11.3 Å². The summed E-state index contributed by atoms with van der Waals surface area (Å²) >= 11 is 13.2. The Morgan fingerprint density at radius 1 is 1.09 bits per heavy atom. The smallest absolute Gasteiger partial charge is 0.273 e. The van der Waals surface area contributed by atoms with Crippen molar-refractivity contribution in [3.05, 3.63) is 83.7 Å². The van der Waals surface area contributed by atoms with Gasteiger partial charge in [-0.3, -0.25) is 14.2 Å². The number of hydrogen-bond acceptors (Lipinski definition) is 5. The predicted octanol–water partition coefficient (Wildman–Crippen LogP) is 2.57. The predicted molar refractivity (Wildman–Crippen MR) is 126 cm³/mol. The first-order valence-corrected chi connectivity index (χ1v) is 11.3. The van der Waals surface area contributed by atoms with Crippen LogP contribution in [0.4, 0.5) is 0 Å². The Balaban J connectivity index is 1.99. The van der Waals surface area contributed by atoms with E-state index in [9.17, 15) is 14.9 Å². The molecule has 1 saturated heterocycles. The van der Waals surface area contributed by atoms with E-state index in [4.69, 9.17) is 27.9 Å². The summed E-state index contributed by atoms with van der Waals surface area (Å²) in [5, 5.41) is 11.0. The Labute approximate surface area is 197 Å². The molecule has 0 bridgehead atoms. The van der Waals surface area contributed by atoms with E-state index in [1.165, 1.54) is 4.57 Å². The molecule has 1 aliphatic rings. The molecule has 0 radical (unpaired) electrons. The minimum atomic E-state index is -0.422. The molecular weight excluding hydrogens is 469 g/mol. The number of nitrogens with zero attached hydrogens (tertiary/aromatic N) is 3. The lowest BCUT2D eigenvalue weighted by molar-refractivity contribution is -0.128. The van der Waals surface area contributed by atoms with Crippen molar-refractivity contribution in [1.29, 1.82) is 5.26 Å². The fourth-order valence-corrected chi connectivity index (χ4v) is 4.76. The molecule has 1 aliphatic heterocycles. The Morgan fingerprint density at radius 3 is 2.47 bits per heavy atom. The molecule has 162 valence electrons. The van der Waals surface area contributed by atoms with Gasteiger partial charge in [0.05, 0.1) is 23.4 Å². The van der Waals surface area contributed by atoms with Gasteiger partial charge in [0.25, 0.3) is 11.5 Å². The maximum absolute atomic E-state index is 13.4. The van der Waals surface area contributed by atoms with Gasteiger partial charge >= 0.3 is 0 Å². The van der Waals surface area contributed by atoms with Crippen LogP contribution in [-0.4, -0.2) is 41.7 Å². The highest BCUT2D eigenvalue weighted by molar-refractivity contribution is 7.07. The summed E-state index contributed by atoms with van der Waals surface area (Å²) in [6.07, 6.45) is 1.70. The first-order valence-electron chi connectivity index (χ1n) is 9.74. The summed E-state index contributed by atoms with van der Waals surface area (Å²) in [4.78, 5) is 28.1. The Bertz CT molecular complexity index is 1380. The van der Waals surface area contributed by atoms with E-state index in [2.05, 4.69) is 0 Å². The van der Waals surface area contributed by atoms with Crippen molar-refractivity contribution in [3.63, 3.8) is 0 Å². The summed E-state index contributed by atoms with van der Waals surface area (Å²) in [6, 6.07) is 15.8. The number of ether oxygens (including phenoxy) is 1. The first kappa shape index (κ1) is 22.3. The molecule has 1 fully saturated rings. The molecule has 0 unspecified atom stereocenters. The fraction of sp³-hybridized carbons (Fsp3) is 0.174. The minimum Gasteiger partial charge on any atom is -0.378 e. The van der Waals surface area contributed by atoms with Crippen molar-refractivity contribution >= 4 is 52.1 Å². The van der Waals surface area contributed by atoms with Crippen LogP contribution in [0.2, 0.25) is 10.0 Å². The standard InChI is InChI=1S/C23H17Cl2N3O3S/c24-16-4-6-18(7-5-16)28-22(30)20(13-15-2-1-3-17(25)12-15)32-23(28)19(14-26)21(29)27-8-10-31-11-9-27/h1-7,12-13H,8-11H2/b20-13+,23-19-. The molecule has 0 aliphatic carbocycles. The van der Waals surface area contributed by atoms with E-state index in [0.717, 1.165) is 16.9 Å². The number of benzene rings is 2. The van der Waals surface area contributed by atoms with Crippen LogP contribution < -0.4 is 14.8 Å². The number of carbonyl (C=O) groups excluding carboxylic acids is 1. The summed E-state index contributed by atoms with van der Waals surface area (Å²) in [5.41, 5.74) is 0.826. The molecule has 0 spiro atoms. The summed E-state index contributed by atoms with van der Waals surface area (Å²) in [5.74, 6) is -0.422. The van der Waals surface area contributed by atoms with Crippen LogP contribution in [0.3, 0.4) is 0 Å². The topological polar surface area (TPSA) is 75.3 Å². The van der Waals surface area contributed by atoms with Crippen molar-refractivity contribution in [2.75, 3.05) is 26.3 Å². The molecule has 1 aromatic heterocycles. The van der Waals surface area contributed by atoms with Gasteiger partial charge in [0.15, 0.2) is 5.57 Å². The van der Waals surface area contributed by atoms with Gasteiger partial charge in [-0.05, 0) is 48.0 Å². The van der Waals surface area contributed by atoms with Crippen molar-refractivity contribution in [2.45, 2.75) is 0 Å². The van der Waals surface area contributed by atoms with E-state index in [0.29, 0.717) is 46.6 Å². The number of thiazole rings is 1. The highest BCUT2D eigenvalue weighted by Gasteiger charge is 2.24. The number of nitriles is 1. The van der Waals surface area contributed by atoms with Gasteiger partial charge in [0.2, 0.25) is 0 Å². The van der Waals surface area contributed by atoms with E-state index >= 15 is 0 Å². The number of carbonyl (C=O) groups is 1. The fourth-order valence-electron chi connectivity index (χ4n) is 3.33. The Kier molecular flexibility index (Phi) is 6.77. The molecule has 0 N–H and O–H groups in total. The van der Waals surface area contributed by atoms with Crippen LogP contribution in [0.25, 0.3) is 17.3 Å². The molecule has 3 aromatic rings. The SMILES string of the molecule is N#C/C(C(=O)N1CCOCC1)=c1/s/c(=C/c2cccc(Cl)c2)c(=O)n1-c1ccc(Cl)cc1. The highest BCUT2D eigenvalue weighted by Crippen LogP contribution is 2.13. The lowest BCUT2D eigenvalue weighted by Gasteiger charge is -2.26. The van der Waals surface area contributed by atoms with E-state index in [-0.39, 0.29) is 15.8 Å². The third-order valence-electron chi connectivity index (χ3n) is 4.89. The highest BCUT2D eigenvalue weighted by atomic mass is 35.5. The molecule has 2 heterocycles. The van der Waals surface area contributed by atoms with E-state index in [1.54, 1.807) is 53.4 Å². The second-order valence-electron chi connectivity index (χ2n) is 6.98. The number of morpholine rings is 1. The van der Waals surface area contributed by atoms with E-state index < -0.39 is 5.91 Å². The quantitative estimate of drug-likeness (QED) is 0.571. The lowest BCUT2D eigenvalue weighted by Crippen LogP contribution is -2.42. The molecule has 4 rings (SSSR count). The van der Waals surface area contributed by atoms with Crippen LogP contribution in [0.5, 0.6) is 0 Å². The van der Waals surface area contributed by atoms with Crippen LogP contribution in [-0.2, 0) is 9.53 Å². The van der Waals surface area contributed by atoms with Crippen LogP contribution in [0.15, 0.2) is 53.3 Å². The van der Waals surface area contributed by atoms with Crippen molar-refractivity contribution in [2.24, 2.45) is 0 Å². The van der Waals surface area contributed by atoms with Crippen LogP contribution in [0, 0.1) is 11.3 Å². The first-order chi connectivity index (χ1) is 15.5.